The van der Waals surface area contributed by atoms with E-state index in [9.17, 15) is 19.2 Å². The monoisotopic (exact) mass is 459 g/mol. The molecule has 8 heteroatoms. The van der Waals surface area contributed by atoms with E-state index in [0.29, 0.717) is 28.3 Å². The first kappa shape index (κ1) is 22.7. The number of hydrogen-bond donors (Lipinski definition) is 1. The quantitative estimate of drug-likeness (QED) is 0.342. The number of carboxylic acid groups (broad SMARTS) is 1. The van der Waals surface area contributed by atoms with Gasteiger partial charge in [-0.15, -0.1) is 0 Å². The molecule has 0 bridgehead atoms. The zero-order valence-electron chi connectivity index (χ0n) is 18.7. The summed E-state index contributed by atoms with van der Waals surface area (Å²) in [6.45, 7) is 3.82. The molecule has 172 valence electrons. The standard InChI is InChI=1S/C26H21NO7/c1-14-10-20(21(11-15(14)2)26(32)33-3)22-9-8-19(34-22)12-17-13-23(28)27(24(17)29)18-6-4-16(5-7-18)25(30)31/h4-12H,13H2,1-3H3,(H,30,31). The molecular weight excluding hydrogens is 438 g/mol. The van der Waals surface area contributed by atoms with Gasteiger partial charge in [-0.1, -0.05) is 0 Å². The number of ether oxygens (including phenoxy) is 1. The molecule has 0 radical (unpaired) electrons. The lowest BCUT2D eigenvalue weighted by molar-refractivity contribution is -0.120. The lowest BCUT2D eigenvalue weighted by Crippen LogP contribution is -2.28. The molecule has 2 aromatic carbocycles. The zero-order chi connectivity index (χ0) is 24.6. The van der Waals surface area contributed by atoms with Gasteiger partial charge in [-0.2, -0.15) is 0 Å². The van der Waals surface area contributed by atoms with Gasteiger partial charge in [0.2, 0.25) is 5.91 Å². The molecule has 0 saturated carbocycles. The van der Waals surface area contributed by atoms with E-state index in [1.54, 1.807) is 18.2 Å². The van der Waals surface area contributed by atoms with Crippen LogP contribution < -0.4 is 4.90 Å². The first-order valence-electron chi connectivity index (χ1n) is 10.4. The average molecular weight is 459 g/mol. The number of amides is 2. The predicted molar refractivity (Wildman–Crippen MR) is 123 cm³/mol. The van der Waals surface area contributed by atoms with Crippen LogP contribution in [0, 0.1) is 13.8 Å². The highest BCUT2D eigenvalue weighted by atomic mass is 16.5. The Balaban J connectivity index is 1.64. The number of aryl methyl sites for hydroxylation is 2. The molecule has 3 aromatic rings. The molecule has 2 heterocycles. The van der Waals surface area contributed by atoms with Crippen LogP contribution in [-0.4, -0.2) is 36.0 Å². The van der Waals surface area contributed by atoms with Crippen LogP contribution in [0.3, 0.4) is 0 Å². The number of furan rings is 1. The summed E-state index contributed by atoms with van der Waals surface area (Å²) in [4.78, 5) is 49.7. The van der Waals surface area contributed by atoms with E-state index in [0.717, 1.165) is 16.0 Å². The van der Waals surface area contributed by atoms with E-state index in [-0.39, 0.29) is 17.6 Å². The van der Waals surface area contributed by atoms with E-state index >= 15 is 0 Å². The van der Waals surface area contributed by atoms with Crippen LogP contribution >= 0.6 is 0 Å². The minimum absolute atomic E-state index is 0.0550. The third-order valence-electron chi connectivity index (χ3n) is 5.69. The summed E-state index contributed by atoms with van der Waals surface area (Å²) in [5.41, 5.74) is 3.42. The number of carboxylic acids is 1. The number of carbonyl (C=O) groups excluding carboxylic acids is 3. The smallest absolute Gasteiger partial charge is 0.338 e. The van der Waals surface area contributed by atoms with E-state index in [2.05, 4.69) is 0 Å². The van der Waals surface area contributed by atoms with E-state index < -0.39 is 23.8 Å². The van der Waals surface area contributed by atoms with Crippen molar-refractivity contribution in [1.29, 1.82) is 0 Å². The second-order valence-electron chi connectivity index (χ2n) is 7.91. The fourth-order valence-corrected chi connectivity index (χ4v) is 3.75. The summed E-state index contributed by atoms with van der Waals surface area (Å²) in [5.74, 6) is -1.74. The lowest BCUT2D eigenvalue weighted by atomic mass is 9.98. The molecular formula is C26H21NO7. The van der Waals surface area contributed by atoms with Gasteiger partial charge in [0.25, 0.3) is 5.91 Å². The molecule has 0 unspecified atom stereocenters. The maximum Gasteiger partial charge on any atom is 0.338 e. The van der Waals surface area contributed by atoms with Gasteiger partial charge in [0.1, 0.15) is 11.5 Å². The van der Waals surface area contributed by atoms with Crippen LogP contribution in [0.2, 0.25) is 0 Å². The maximum atomic E-state index is 12.9. The number of benzene rings is 2. The number of hydrogen-bond acceptors (Lipinski definition) is 6. The van der Waals surface area contributed by atoms with Gasteiger partial charge in [0.15, 0.2) is 0 Å². The summed E-state index contributed by atoms with van der Waals surface area (Å²) in [6.07, 6.45) is 1.38. The molecule has 1 aliphatic heterocycles. The number of esters is 1. The number of nitrogens with zero attached hydrogens (tertiary/aromatic N) is 1. The number of carbonyl (C=O) groups is 4. The van der Waals surface area contributed by atoms with Crippen molar-refractivity contribution < 1.29 is 33.4 Å². The van der Waals surface area contributed by atoms with Crippen LogP contribution in [0.25, 0.3) is 17.4 Å². The third-order valence-corrected chi connectivity index (χ3v) is 5.69. The Morgan fingerprint density at radius 1 is 1.03 bits per heavy atom. The molecule has 1 aromatic heterocycles. The first-order chi connectivity index (χ1) is 16.2. The Labute approximate surface area is 195 Å². The summed E-state index contributed by atoms with van der Waals surface area (Å²) in [6, 6.07) is 12.4. The Hall–Kier alpha value is -4.46. The van der Waals surface area contributed by atoms with E-state index in [1.165, 1.54) is 37.5 Å². The molecule has 1 saturated heterocycles. The van der Waals surface area contributed by atoms with E-state index in [4.69, 9.17) is 14.3 Å². The van der Waals surface area contributed by atoms with E-state index in [1.807, 2.05) is 19.9 Å². The predicted octanol–water partition coefficient (Wildman–Crippen LogP) is 4.40. The fourth-order valence-electron chi connectivity index (χ4n) is 3.75. The van der Waals surface area contributed by atoms with Gasteiger partial charge in [0, 0.05) is 11.1 Å². The second-order valence-corrected chi connectivity index (χ2v) is 7.91. The van der Waals surface area contributed by atoms with Crippen molar-refractivity contribution in [2.45, 2.75) is 20.3 Å². The minimum atomic E-state index is -1.10. The SMILES string of the molecule is COC(=O)c1cc(C)c(C)cc1-c1ccc(C=C2CC(=O)N(c3ccc(C(=O)O)cc3)C2=O)o1. The lowest BCUT2D eigenvalue weighted by Gasteiger charge is -2.13. The molecule has 0 spiro atoms. The van der Waals surface area contributed by atoms with Crippen molar-refractivity contribution in [3.63, 3.8) is 0 Å². The van der Waals surface area contributed by atoms with Crippen molar-refractivity contribution in [3.8, 4) is 11.3 Å². The van der Waals surface area contributed by atoms with Gasteiger partial charge in [-0.05, 0) is 79.6 Å². The topological polar surface area (TPSA) is 114 Å². The highest BCUT2D eigenvalue weighted by molar-refractivity contribution is 6.29. The van der Waals surface area contributed by atoms with Gasteiger partial charge < -0.3 is 14.3 Å². The molecule has 34 heavy (non-hydrogen) atoms. The molecule has 1 N–H and O–H groups in total. The van der Waals surface area contributed by atoms with Crippen LogP contribution in [0.5, 0.6) is 0 Å². The summed E-state index contributed by atoms with van der Waals surface area (Å²) < 4.78 is 10.8. The molecule has 0 atom stereocenters. The molecule has 4 rings (SSSR count). The Kier molecular flexibility index (Phi) is 5.89. The van der Waals surface area contributed by atoms with Crippen molar-refractivity contribution >= 4 is 35.5 Å². The number of rotatable bonds is 5. The van der Waals surface area contributed by atoms with Crippen molar-refractivity contribution in [2.75, 3.05) is 12.0 Å². The Morgan fingerprint density at radius 3 is 2.35 bits per heavy atom. The Bertz CT molecular complexity index is 1360. The molecule has 8 nitrogen and oxygen atoms in total. The number of methoxy groups -OCH3 is 1. The van der Waals surface area contributed by atoms with Crippen LogP contribution in [-0.2, 0) is 14.3 Å². The van der Waals surface area contributed by atoms with Crippen molar-refractivity contribution in [3.05, 3.63) is 82.1 Å². The third kappa shape index (κ3) is 4.13. The molecule has 1 fully saturated rings. The Morgan fingerprint density at radius 2 is 1.71 bits per heavy atom. The van der Waals surface area contributed by atoms with Gasteiger partial charge in [-0.25, -0.2) is 14.5 Å². The number of aromatic carboxylic acids is 1. The zero-order valence-corrected chi connectivity index (χ0v) is 18.7. The largest absolute Gasteiger partial charge is 0.478 e. The minimum Gasteiger partial charge on any atom is -0.478 e. The molecule has 1 aliphatic rings. The normalized spacial score (nSPS) is 14.7. The summed E-state index contributed by atoms with van der Waals surface area (Å²) >= 11 is 0. The van der Waals surface area contributed by atoms with Crippen molar-refractivity contribution in [2.24, 2.45) is 0 Å². The average Bonchev–Trinajstić information content (AvgIpc) is 3.39. The van der Waals surface area contributed by atoms with Gasteiger partial charge in [0.05, 0.1) is 30.3 Å². The van der Waals surface area contributed by atoms with Gasteiger partial charge >= 0.3 is 11.9 Å². The summed E-state index contributed by atoms with van der Waals surface area (Å²) in [5, 5.41) is 9.03. The molecule has 2 amide bonds. The van der Waals surface area contributed by atoms with Crippen LogP contribution in [0.15, 0.2) is 58.5 Å². The highest BCUT2D eigenvalue weighted by Crippen LogP contribution is 2.32. The number of imide groups is 1. The van der Waals surface area contributed by atoms with Crippen LogP contribution in [0.4, 0.5) is 5.69 Å². The first-order valence-corrected chi connectivity index (χ1v) is 10.4. The van der Waals surface area contributed by atoms with Gasteiger partial charge in [-0.3, -0.25) is 9.59 Å². The molecule has 0 aliphatic carbocycles. The maximum absolute atomic E-state index is 12.9. The highest BCUT2D eigenvalue weighted by Gasteiger charge is 2.35. The summed E-state index contributed by atoms with van der Waals surface area (Å²) in [7, 11) is 1.31. The number of anilines is 1. The van der Waals surface area contributed by atoms with Crippen LogP contribution in [0.1, 0.15) is 44.0 Å². The fraction of sp³-hybridized carbons (Fsp3) is 0.154. The van der Waals surface area contributed by atoms with Crippen molar-refractivity contribution in [1.82, 2.24) is 0 Å². The second kappa shape index (κ2) is 8.82.